The lowest BCUT2D eigenvalue weighted by Crippen LogP contribution is -1.96. The average Bonchev–Trinajstić information content (AvgIpc) is 2.77. The number of aryl methyl sites for hydroxylation is 1. The number of carbonyl (C=O) groups is 1. The van der Waals surface area contributed by atoms with E-state index in [1.807, 2.05) is 25.1 Å². The largest absolute Gasteiger partial charge is 0.465 e. The normalized spacial score (nSPS) is 10.1. The van der Waals surface area contributed by atoms with Crippen molar-refractivity contribution in [2.24, 2.45) is 0 Å². The molecule has 0 N–H and O–H groups in total. The lowest BCUT2D eigenvalue weighted by molar-refractivity contribution is 0.0606. The van der Waals surface area contributed by atoms with E-state index >= 15 is 0 Å². The van der Waals surface area contributed by atoms with Crippen molar-refractivity contribution in [1.29, 1.82) is 0 Å². The number of pyridine rings is 1. The van der Waals surface area contributed by atoms with E-state index in [0.717, 1.165) is 16.1 Å². The van der Waals surface area contributed by atoms with E-state index in [0.29, 0.717) is 4.88 Å². The molecule has 0 spiro atoms. The molecule has 0 aliphatic heterocycles. The van der Waals surface area contributed by atoms with Gasteiger partial charge in [-0.1, -0.05) is 0 Å². The van der Waals surface area contributed by atoms with Crippen molar-refractivity contribution < 1.29 is 9.53 Å². The first kappa shape index (κ1) is 10.8. The summed E-state index contributed by atoms with van der Waals surface area (Å²) in [5.74, 6) is -0.290. The van der Waals surface area contributed by atoms with E-state index < -0.39 is 0 Å². The third-order valence-electron chi connectivity index (χ3n) is 2.17. The van der Waals surface area contributed by atoms with Crippen LogP contribution in [-0.2, 0) is 4.74 Å². The fraction of sp³-hybridized carbons (Fsp3) is 0.167. The van der Waals surface area contributed by atoms with Crippen molar-refractivity contribution in [1.82, 2.24) is 4.98 Å². The van der Waals surface area contributed by atoms with Crippen molar-refractivity contribution in [3.05, 3.63) is 41.0 Å². The zero-order valence-electron chi connectivity index (χ0n) is 9.06. The van der Waals surface area contributed by atoms with Crippen LogP contribution in [0.25, 0.3) is 10.4 Å². The SMILES string of the molecule is COC(=O)c1ccc(-c2ccnc(C)c2)s1. The third-order valence-corrected chi connectivity index (χ3v) is 3.29. The molecule has 0 unspecified atom stereocenters. The summed E-state index contributed by atoms with van der Waals surface area (Å²) < 4.78 is 4.67. The van der Waals surface area contributed by atoms with E-state index in [2.05, 4.69) is 9.72 Å². The molecule has 3 nitrogen and oxygen atoms in total. The molecule has 0 saturated heterocycles. The summed E-state index contributed by atoms with van der Waals surface area (Å²) in [5, 5.41) is 0. The molecule has 0 atom stereocenters. The van der Waals surface area contributed by atoms with Gasteiger partial charge in [0.25, 0.3) is 0 Å². The summed E-state index contributed by atoms with van der Waals surface area (Å²) in [4.78, 5) is 17.1. The van der Waals surface area contributed by atoms with Crippen molar-refractivity contribution in [3.8, 4) is 10.4 Å². The van der Waals surface area contributed by atoms with Gasteiger partial charge in [-0.2, -0.15) is 0 Å². The highest BCUT2D eigenvalue weighted by atomic mass is 32.1. The van der Waals surface area contributed by atoms with Crippen molar-refractivity contribution in [2.75, 3.05) is 7.11 Å². The van der Waals surface area contributed by atoms with Gasteiger partial charge in [0.2, 0.25) is 0 Å². The van der Waals surface area contributed by atoms with Crippen LogP contribution in [0.3, 0.4) is 0 Å². The van der Waals surface area contributed by atoms with Gasteiger partial charge in [0.1, 0.15) is 4.88 Å². The topological polar surface area (TPSA) is 39.2 Å². The van der Waals surface area contributed by atoms with Crippen LogP contribution >= 0.6 is 11.3 Å². The minimum absolute atomic E-state index is 0.290. The molecule has 0 aliphatic rings. The molecule has 0 saturated carbocycles. The predicted octanol–water partition coefficient (Wildman–Crippen LogP) is 2.91. The standard InChI is InChI=1S/C12H11NO2S/c1-8-7-9(5-6-13-8)10-3-4-11(16-10)12(14)15-2/h3-7H,1-2H3. The molecule has 0 fully saturated rings. The monoisotopic (exact) mass is 233 g/mol. The zero-order valence-corrected chi connectivity index (χ0v) is 9.88. The second kappa shape index (κ2) is 4.45. The number of rotatable bonds is 2. The molecule has 0 amide bonds. The molecular weight excluding hydrogens is 222 g/mol. The van der Waals surface area contributed by atoms with Gasteiger partial charge in [-0.3, -0.25) is 4.98 Å². The van der Waals surface area contributed by atoms with Crippen LogP contribution in [0.2, 0.25) is 0 Å². The number of ether oxygens (including phenoxy) is 1. The number of carbonyl (C=O) groups excluding carboxylic acids is 1. The second-order valence-corrected chi connectivity index (χ2v) is 4.43. The Labute approximate surface area is 97.7 Å². The highest BCUT2D eigenvalue weighted by Crippen LogP contribution is 2.28. The second-order valence-electron chi connectivity index (χ2n) is 3.34. The maximum absolute atomic E-state index is 11.3. The average molecular weight is 233 g/mol. The molecule has 0 bridgehead atoms. The fourth-order valence-electron chi connectivity index (χ4n) is 1.40. The summed E-state index contributed by atoms with van der Waals surface area (Å²) in [5.41, 5.74) is 2.04. The lowest BCUT2D eigenvalue weighted by Gasteiger charge is -1.97. The molecule has 0 aliphatic carbocycles. The molecule has 4 heteroatoms. The van der Waals surface area contributed by atoms with Crippen LogP contribution in [0.4, 0.5) is 0 Å². The Bertz CT molecular complexity index is 519. The highest BCUT2D eigenvalue weighted by molar-refractivity contribution is 7.17. The van der Waals surface area contributed by atoms with Crippen molar-refractivity contribution in [3.63, 3.8) is 0 Å². The highest BCUT2D eigenvalue weighted by Gasteiger charge is 2.09. The number of nitrogens with zero attached hydrogens (tertiary/aromatic N) is 1. The molecular formula is C12H11NO2S. The van der Waals surface area contributed by atoms with Crippen LogP contribution in [0.15, 0.2) is 30.5 Å². The van der Waals surface area contributed by atoms with E-state index in [1.54, 1.807) is 12.3 Å². The smallest absolute Gasteiger partial charge is 0.348 e. The van der Waals surface area contributed by atoms with Crippen LogP contribution in [0.1, 0.15) is 15.4 Å². The van der Waals surface area contributed by atoms with Gasteiger partial charge in [-0.15, -0.1) is 11.3 Å². The number of aromatic nitrogens is 1. The Morgan fingerprint density at radius 1 is 1.38 bits per heavy atom. The van der Waals surface area contributed by atoms with Gasteiger partial charge in [0, 0.05) is 16.8 Å². The summed E-state index contributed by atoms with van der Waals surface area (Å²) >= 11 is 1.43. The summed E-state index contributed by atoms with van der Waals surface area (Å²) in [6, 6.07) is 7.63. The summed E-state index contributed by atoms with van der Waals surface area (Å²) in [7, 11) is 1.39. The predicted molar refractivity (Wildman–Crippen MR) is 63.6 cm³/mol. The van der Waals surface area contributed by atoms with Crippen molar-refractivity contribution >= 4 is 17.3 Å². The molecule has 2 aromatic heterocycles. The van der Waals surface area contributed by atoms with Crippen LogP contribution in [0.5, 0.6) is 0 Å². The van der Waals surface area contributed by atoms with Gasteiger partial charge >= 0.3 is 5.97 Å². The number of hydrogen-bond acceptors (Lipinski definition) is 4. The Balaban J connectivity index is 2.35. The third kappa shape index (κ3) is 2.12. The van der Waals surface area contributed by atoms with Crippen LogP contribution < -0.4 is 0 Å². The van der Waals surface area contributed by atoms with Crippen LogP contribution in [0, 0.1) is 6.92 Å². The zero-order chi connectivity index (χ0) is 11.5. The van der Waals surface area contributed by atoms with Crippen LogP contribution in [-0.4, -0.2) is 18.1 Å². The number of hydrogen-bond donors (Lipinski definition) is 0. The van der Waals surface area contributed by atoms with E-state index in [9.17, 15) is 4.79 Å². The van der Waals surface area contributed by atoms with E-state index in [1.165, 1.54) is 18.4 Å². The quantitative estimate of drug-likeness (QED) is 0.749. The first-order valence-electron chi connectivity index (χ1n) is 4.82. The molecule has 0 aromatic carbocycles. The molecule has 82 valence electrons. The number of esters is 1. The number of thiophene rings is 1. The first-order chi connectivity index (χ1) is 7.70. The molecule has 2 aromatic rings. The molecule has 16 heavy (non-hydrogen) atoms. The minimum Gasteiger partial charge on any atom is -0.465 e. The van der Waals surface area contributed by atoms with E-state index in [-0.39, 0.29) is 5.97 Å². The van der Waals surface area contributed by atoms with Gasteiger partial charge < -0.3 is 4.74 Å². The molecule has 2 heterocycles. The van der Waals surface area contributed by atoms with Gasteiger partial charge in [0.05, 0.1) is 7.11 Å². The van der Waals surface area contributed by atoms with E-state index in [4.69, 9.17) is 0 Å². The van der Waals surface area contributed by atoms with Crippen molar-refractivity contribution in [2.45, 2.75) is 6.92 Å². The Morgan fingerprint density at radius 3 is 2.88 bits per heavy atom. The molecule has 2 rings (SSSR count). The Hall–Kier alpha value is -1.68. The minimum atomic E-state index is -0.290. The maximum Gasteiger partial charge on any atom is 0.348 e. The fourth-order valence-corrected chi connectivity index (χ4v) is 2.32. The van der Waals surface area contributed by atoms with Gasteiger partial charge in [0.15, 0.2) is 0 Å². The number of methoxy groups -OCH3 is 1. The molecule has 0 radical (unpaired) electrons. The Kier molecular flexibility index (Phi) is 3.01. The summed E-state index contributed by atoms with van der Waals surface area (Å²) in [6.07, 6.45) is 1.77. The van der Waals surface area contributed by atoms with Gasteiger partial charge in [-0.25, -0.2) is 4.79 Å². The lowest BCUT2D eigenvalue weighted by atomic mass is 10.2. The van der Waals surface area contributed by atoms with Gasteiger partial charge in [-0.05, 0) is 36.8 Å². The summed E-state index contributed by atoms with van der Waals surface area (Å²) in [6.45, 7) is 1.94. The first-order valence-corrected chi connectivity index (χ1v) is 5.63. The Morgan fingerprint density at radius 2 is 2.19 bits per heavy atom. The maximum atomic E-state index is 11.3.